The molecule has 0 aliphatic heterocycles. The Morgan fingerprint density at radius 3 is 1.45 bits per heavy atom. The molecule has 0 radical (unpaired) electrons. The van der Waals surface area contributed by atoms with E-state index in [0.717, 1.165) is 6.42 Å². The molecule has 2 nitrogen and oxygen atoms in total. The minimum atomic E-state index is 0.638. The van der Waals surface area contributed by atoms with Gasteiger partial charge in [0.1, 0.15) is 0 Å². The highest BCUT2D eigenvalue weighted by molar-refractivity contribution is 4.82. The third-order valence-electron chi connectivity index (χ3n) is 4.26. The molecule has 0 bridgehead atoms. The first-order valence-corrected chi connectivity index (χ1v) is 9.82. The molecule has 0 aliphatic rings. The number of nitrogens with zero attached hydrogens (tertiary/aromatic N) is 1. The van der Waals surface area contributed by atoms with E-state index in [1.165, 1.54) is 95.0 Å². The maximum Gasteiger partial charge on any atom is 0.0415 e. The molecule has 0 fully saturated rings. The van der Waals surface area contributed by atoms with E-state index in [1.54, 1.807) is 7.05 Å². The molecule has 0 heterocycles. The molecule has 0 saturated carbocycles. The number of hydroxylamine groups is 2. The number of unbranched alkanes of at least 4 members (excludes halogenated alkanes) is 14. The SMILES string of the molecule is CCCCCCCCCCCCCCCCC=CCN(C)O. The Labute approximate surface area is 139 Å². The largest absolute Gasteiger partial charge is 0.314 e. The van der Waals surface area contributed by atoms with Crippen molar-refractivity contribution in [3.8, 4) is 0 Å². The summed E-state index contributed by atoms with van der Waals surface area (Å²) >= 11 is 0. The highest BCUT2D eigenvalue weighted by atomic mass is 16.5. The van der Waals surface area contributed by atoms with Crippen LogP contribution < -0.4 is 0 Å². The number of hydrogen-bond acceptors (Lipinski definition) is 2. The molecule has 2 heteroatoms. The maximum atomic E-state index is 8.96. The van der Waals surface area contributed by atoms with Crippen LogP contribution in [0.1, 0.15) is 103 Å². The molecule has 0 rings (SSSR count). The molecule has 0 saturated heterocycles. The van der Waals surface area contributed by atoms with Gasteiger partial charge >= 0.3 is 0 Å². The quantitative estimate of drug-likeness (QED) is 0.183. The van der Waals surface area contributed by atoms with Gasteiger partial charge in [0.25, 0.3) is 0 Å². The van der Waals surface area contributed by atoms with Crippen LogP contribution in [0.2, 0.25) is 0 Å². The minimum absolute atomic E-state index is 0.638. The predicted octanol–water partition coefficient (Wildman–Crippen LogP) is 6.74. The van der Waals surface area contributed by atoms with Gasteiger partial charge in [-0.2, -0.15) is 5.06 Å². The minimum Gasteiger partial charge on any atom is -0.314 e. The summed E-state index contributed by atoms with van der Waals surface area (Å²) in [5.74, 6) is 0. The van der Waals surface area contributed by atoms with Gasteiger partial charge in [-0.25, -0.2) is 0 Å². The van der Waals surface area contributed by atoms with E-state index in [0.29, 0.717) is 6.54 Å². The highest BCUT2D eigenvalue weighted by Crippen LogP contribution is 2.13. The lowest BCUT2D eigenvalue weighted by molar-refractivity contribution is -0.0534. The second-order valence-corrected chi connectivity index (χ2v) is 6.70. The molecule has 0 spiro atoms. The fraction of sp³-hybridized carbons (Fsp3) is 0.900. The highest BCUT2D eigenvalue weighted by Gasteiger charge is 1.93. The number of likely N-dealkylation sites (N-methyl/N-ethyl adjacent to an activating group) is 1. The third kappa shape index (κ3) is 19.7. The summed E-state index contributed by atoms with van der Waals surface area (Å²) in [6.45, 7) is 2.92. The summed E-state index contributed by atoms with van der Waals surface area (Å²) in [4.78, 5) is 0. The van der Waals surface area contributed by atoms with E-state index in [2.05, 4.69) is 13.0 Å². The maximum absolute atomic E-state index is 8.96. The van der Waals surface area contributed by atoms with Crippen molar-refractivity contribution in [1.82, 2.24) is 5.06 Å². The molecular formula is C20H41NO. The summed E-state index contributed by atoms with van der Waals surface area (Å²) < 4.78 is 0. The zero-order chi connectivity index (χ0) is 16.3. The third-order valence-corrected chi connectivity index (χ3v) is 4.26. The summed E-state index contributed by atoms with van der Waals surface area (Å²) in [7, 11) is 1.68. The lowest BCUT2D eigenvalue weighted by Gasteiger charge is -2.03. The van der Waals surface area contributed by atoms with Gasteiger partial charge in [-0.3, -0.25) is 0 Å². The molecule has 132 valence electrons. The predicted molar refractivity (Wildman–Crippen MR) is 98.5 cm³/mol. The van der Waals surface area contributed by atoms with E-state index < -0.39 is 0 Å². The van der Waals surface area contributed by atoms with Crippen LogP contribution in [0, 0.1) is 0 Å². The van der Waals surface area contributed by atoms with Crippen LogP contribution >= 0.6 is 0 Å². The molecule has 0 atom stereocenters. The number of hydrogen-bond donors (Lipinski definition) is 1. The first-order chi connectivity index (χ1) is 10.8. The van der Waals surface area contributed by atoms with Gasteiger partial charge in [-0.05, 0) is 12.8 Å². The van der Waals surface area contributed by atoms with E-state index in [4.69, 9.17) is 5.21 Å². The zero-order valence-corrected chi connectivity index (χ0v) is 15.4. The Morgan fingerprint density at radius 1 is 0.636 bits per heavy atom. The van der Waals surface area contributed by atoms with Gasteiger partial charge in [-0.15, -0.1) is 0 Å². The van der Waals surface area contributed by atoms with Gasteiger partial charge < -0.3 is 5.21 Å². The molecule has 1 N–H and O–H groups in total. The van der Waals surface area contributed by atoms with Crippen LogP contribution in [-0.2, 0) is 0 Å². The van der Waals surface area contributed by atoms with Gasteiger partial charge in [0.15, 0.2) is 0 Å². The molecule has 22 heavy (non-hydrogen) atoms. The lowest BCUT2D eigenvalue weighted by Crippen LogP contribution is -2.11. The normalized spacial score (nSPS) is 11.8. The average molecular weight is 312 g/mol. The summed E-state index contributed by atoms with van der Waals surface area (Å²) in [5.41, 5.74) is 0. The summed E-state index contributed by atoms with van der Waals surface area (Å²) in [6.07, 6.45) is 25.2. The molecule has 0 aromatic carbocycles. The molecule has 0 amide bonds. The van der Waals surface area contributed by atoms with Crippen molar-refractivity contribution in [2.45, 2.75) is 103 Å². The monoisotopic (exact) mass is 311 g/mol. The molecule has 0 unspecified atom stereocenters. The van der Waals surface area contributed by atoms with E-state index in [1.807, 2.05) is 6.08 Å². The number of rotatable bonds is 17. The molecular weight excluding hydrogens is 270 g/mol. The van der Waals surface area contributed by atoms with E-state index in [-0.39, 0.29) is 0 Å². The standard InChI is InChI=1S/C20H41NO/c1-3-4-5-6-7-8-9-10-11-12-13-14-15-16-17-18-19-20-21(2)22/h18-19,22H,3-17,20H2,1-2H3. The number of allylic oxidation sites excluding steroid dienone is 1. The lowest BCUT2D eigenvalue weighted by atomic mass is 10.0. The summed E-state index contributed by atoms with van der Waals surface area (Å²) in [5, 5.41) is 10.2. The first-order valence-electron chi connectivity index (χ1n) is 9.82. The second-order valence-electron chi connectivity index (χ2n) is 6.70. The zero-order valence-electron chi connectivity index (χ0n) is 15.4. The first kappa shape index (κ1) is 21.7. The van der Waals surface area contributed by atoms with Gasteiger partial charge in [0.2, 0.25) is 0 Å². The topological polar surface area (TPSA) is 23.5 Å². The van der Waals surface area contributed by atoms with Crippen molar-refractivity contribution in [3.05, 3.63) is 12.2 Å². The van der Waals surface area contributed by atoms with Crippen LogP contribution in [0.5, 0.6) is 0 Å². The Balaban J connectivity index is 3.01. The molecule has 0 aliphatic carbocycles. The fourth-order valence-electron chi connectivity index (χ4n) is 2.80. The van der Waals surface area contributed by atoms with Crippen molar-refractivity contribution in [2.75, 3.05) is 13.6 Å². The van der Waals surface area contributed by atoms with Crippen molar-refractivity contribution in [2.24, 2.45) is 0 Å². The van der Waals surface area contributed by atoms with Gasteiger partial charge in [-0.1, -0.05) is 103 Å². The van der Waals surface area contributed by atoms with Crippen molar-refractivity contribution in [1.29, 1.82) is 0 Å². The smallest absolute Gasteiger partial charge is 0.0415 e. The summed E-state index contributed by atoms with van der Waals surface area (Å²) in [6, 6.07) is 0. The molecule has 0 aromatic rings. The van der Waals surface area contributed by atoms with Crippen LogP contribution in [-0.4, -0.2) is 23.9 Å². The average Bonchev–Trinajstić information content (AvgIpc) is 2.50. The van der Waals surface area contributed by atoms with E-state index >= 15 is 0 Å². The van der Waals surface area contributed by atoms with Gasteiger partial charge in [0.05, 0.1) is 0 Å². The van der Waals surface area contributed by atoms with Crippen molar-refractivity contribution in [3.63, 3.8) is 0 Å². The molecule has 0 aromatic heterocycles. The Hall–Kier alpha value is -0.340. The Morgan fingerprint density at radius 2 is 1.05 bits per heavy atom. The van der Waals surface area contributed by atoms with Crippen molar-refractivity contribution < 1.29 is 5.21 Å². The van der Waals surface area contributed by atoms with Crippen LogP contribution in [0.3, 0.4) is 0 Å². The van der Waals surface area contributed by atoms with E-state index in [9.17, 15) is 0 Å². The fourth-order valence-corrected chi connectivity index (χ4v) is 2.80. The van der Waals surface area contributed by atoms with Crippen LogP contribution in [0.25, 0.3) is 0 Å². The van der Waals surface area contributed by atoms with Gasteiger partial charge in [0, 0.05) is 13.6 Å². The van der Waals surface area contributed by atoms with Crippen molar-refractivity contribution >= 4 is 0 Å². The Bertz CT molecular complexity index is 226. The van der Waals surface area contributed by atoms with Crippen LogP contribution in [0.15, 0.2) is 12.2 Å². The van der Waals surface area contributed by atoms with Crippen LogP contribution in [0.4, 0.5) is 0 Å². The Kier molecular flexibility index (Phi) is 18.4. The second kappa shape index (κ2) is 18.7.